The van der Waals surface area contributed by atoms with Gasteiger partial charge in [-0.3, -0.25) is 14.4 Å². The van der Waals surface area contributed by atoms with Crippen LogP contribution in [0.4, 0.5) is 10.7 Å². The molecular weight excluding hydrogens is 737 g/mol. The molecule has 272 valence electrons. The first-order chi connectivity index (χ1) is 24.8. The molecule has 1 aliphatic rings. The maximum Gasteiger partial charge on any atom is 0.341 e. The van der Waals surface area contributed by atoms with E-state index in [0.717, 1.165) is 34.6 Å². The standard InChI is InChI=1S/C40H41Cl2N3O5S2/c1-6-32(37(48)45-38-34(39(49)50-5)27-19-18-24(40(2,3)4)20-33(27)52-38)51-26-15-10-14-25(21-26)43-36(47)31(22-28-29(41)16-11-17-30(28)42)44-35(46)23-12-8-7-9-13-23/h7-17,21-22,24,32H,6,18-20H2,1-5H3,(H,43,47)(H,44,46)(H,45,48)/b31-22+. The number of hydrogen-bond donors (Lipinski definition) is 3. The quantitative estimate of drug-likeness (QED) is 0.0794. The first-order valence-electron chi connectivity index (χ1n) is 16.9. The number of nitrogens with one attached hydrogen (secondary N) is 3. The van der Waals surface area contributed by atoms with E-state index in [-0.39, 0.29) is 17.0 Å². The average Bonchev–Trinajstić information content (AvgIpc) is 3.48. The Morgan fingerprint density at radius 2 is 1.67 bits per heavy atom. The highest BCUT2D eigenvalue weighted by Gasteiger charge is 2.35. The second kappa shape index (κ2) is 17.2. The van der Waals surface area contributed by atoms with Crippen LogP contribution in [0.3, 0.4) is 0 Å². The summed E-state index contributed by atoms with van der Waals surface area (Å²) in [6.45, 7) is 8.63. The molecule has 0 aliphatic heterocycles. The summed E-state index contributed by atoms with van der Waals surface area (Å²) >= 11 is 15.6. The lowest BCUT2D eigenvalue weighted by Gasteiger charge is -2.33. The predicted molar refractivity (Wildman–Crippen MR) is 213 cm³/mol. The number of fused-ring (bicyclic) bond motifs is 1. The number of carbonyl (C=O) groups excluding carboxylic acids is 4. The summed E-state index contributed by atoms with van der Waals surface area (Å²) in [7, 11) is 1.36. The van der Waals surface area contributed by atoms with Gasteiger partial charge < -0.3 is 20.7 Å². The van der Waals surface area contributed by atoms with Crippen LogP contribution in [0.2, 0.25) is 10.0 Å². The Morgan fingerprint density at radius 1 is 0.981 bits per heavy atom. The molecule has 0 saturated heterocycles. The van der Waals surface area contributed by atoms with E-state index < -0.39 is 23.0 Å². The molecule has 1 aliphatic carbocycles. The number of halogens is 2. The minimum absolute atomic E-state index is 0.0680. The molecule has 3 N–H and O–H groups in total. The number of benzene rings is 3. The third-order valence-corrected chi connectivity index (χ3v) is 12.2. The van der Waals surface area contributed by atoms with E-state index in [1.165, 1.54) is 36.3 Å². The Hall–Kier alpha value is -4.09. The van der Waals surface area contributed by atoms with Crippen LogP contribution >= 0.6 is 46.3 Å². The lowest BCUT2D eigenvalue weighted by molar-refractivity contribution is -0.116. The van der Waals surface area contributed by atoms with E-state index >= 15 is 0 Å². The summed E-state index contributed by atoms with van der Waals surface area (Å²) in [6, 6.07) is 20.6. The molecule has 4 aromatic rings. The molecule has 0 radical (unpaired) electrons. The highest BCUT2D eigenvalue weighted by Crippen LogP contribution is 2.45. The Balaban J connectivity index is 1.34. The van der Waals surface area contributed by atoms with Gasteiger partial charge in [-0.1, -0.05) is 81.2 Å². The minimum Gasteiger partial charge on any atom is -0.465 e. The number of ether oxygens (including phenoxy) is 1. The second-order valence-electron chi connectivity index (χ2n) is 13.5. The lowest BCUT2D eigenvalue weighted by atomic mass is 9.72. The van der Waals surface area contributed by atoms with Crippen LogP contribution in [0.15, 0.2) is 83.4 Å². The topological polar surface area (TPSA) is 114 Å². The van der Waals surface area contributed by atoms with Gasteiger partial charge in [0.25, 0.3) is 11.8 Å². The van der Waals surface area contributed by atoms with Gasteiger partial charge in [0.05, 0.1) is 17.9 Å². The normalized spacial score (nSPS) is 14.9. The zero-order chi connectivity index (χ0) is 37.6. The zero-order valence-electron chi connectivity index (χ0n) is 29.6. The summed E-state index contributed by atoms with van der Waals surface area (Å²) in [5, 5.41) is 9.25. The zero-order valence-corrected chi connectivity index (χ0v) is 32.7. The molecule has 2 unspecified atom stereocenters. The number of thiophene rings is 1. The van der Waals surface area contributed by atoms with Gasteiger partial charge in [0.2, 0.25) is 5.91 Å². The van der Waals surface area contributed by atoms with Crippen molar-refractivity contribution in [1.29, 1.82) is 0 Å². The largest absolute Gasteiger partial charge is 0.465 e. The summed E-state index contributed by atoms with van der Waals surface area (Å²) in [4.78, 5) is 55.3. The van der Waals surface area contributed by atoms with Gasteiger partial charge in [-0.05, 0) is 91.1 Å². The van der Waals surface area contributed by atoms with Crippen LogP contribution in [0, 0.1) is 11.3 Å². The number of thioether (sulfide) groups is 1. The molecule has 0 bridgehead atoms. The molecule has 8 nitrogen and oxygen atoms in total. The van der Waals surface area contributed by atoms with Crippen molar-refractivity contribution in [3.8, 4) is 0 Å². The summed E-state index contributed by atoms with van der Waals surface area (Å²) in [5.74, 6) is -1.29. The number of carbonyl (C=O) groups is 4. The summed E-state index contributed by atoms with van der Waals surface area (Å²) in [6.07, 6.45) is 4.53. The van der Waals surface area contributed by atoms with Crippen molar-refractivity contribution in [1.82, 2.24) is 5.32 Å². The molecule has 12 heteroatoms. The van der Waals surface area contributed by atoms with Crippen molar-refractivity contribution in [2.75, 3.05) is 17.7 Å². The van der Waals surface area contributed by atoms with Crippen molar-refractivity contribution in [3.63, 3.8) is 0 Å². The number of methoxy groups -OCH3 is 1. The highest BCUT2D eigenvalue weighted by molar-refractivity contribution is 8.00. The van der Waals surface area contributed by atoms with Crippen molar-refractivity contribution in [3.05, 3.63) is 116 Å². The third-order valence-electron chi connectivity index (χ3n) is 8.97. The monoisotopic (exact) mass is 777 g/mol. The first kappa shape index (κ1) is 39.1. The fraction of sp³-hybridized carbons (Fsp3) is 0.300. The van der Waals surface area contributed by atoms with E-state index in [0.29, 0.717) is 49.8 Å². The number of esters is 1. The first-order valence-corrected chi connectivity index (χ1v) is 19.4. The van der Waals surface area contributed by atoms with Gasteiger partial charge in [-0.25, -0.2) is 4.79 Å². The average molecular weight is 779 g/mol. The van der Waals surface area contributed by atoms with Crippen LogP contribution in [0.1, 0.15) is 77.3 Å². The minimum atomic E-state index is -0.599. The van der Waals surface area contributed by atoms with Gasteiger partial charge in [0.15, 0.2) is 0 Å². The van der Waals surface area contributed by atoms with Crippen molar-refractivity contribution >= 4 is 86.8 Å². The molecular formula is C40H41Cl2N3O5S2. The molecule has 52 heavy (non-hydrogen) atoms. The van der Waals surface area contributed by atoms with Crippen LogP contribution in [0.5, 0.6) is 0 Å². The Labute approximate surface area is 322 Å². The van der Waals surface area contributed by atoms with E-state index in [1.54, 1.807) is 66.7 Å². The smallest absolute Gasteiger partial charge is 0.341 e. The van der Waals surface area contributed by atoms with Crippen LogP contribution in [0.25, 0.3) is 6.08 Å². The number of rotatable bonds is 11. The Kier molecular flexibility index (Phi) is 12.9. The Morgan fingerprint density at radius 3 is 2.33 bits per heavy atom. The van der Waals surface area contributed by atoms with Gasteiger partial charge >= 0.3 is 5.97 Å². The van der Waals surface area contributed by atoms with Crippen molar-refractivity contribution in [2.45, 2.75) is 63.5 Å². The van der Waals surface area contributed by atoms with E-state index in [2.05, 4.69) is 36.7 Å². The fourth-order valence-electron chi connectivity index (χ4n) is 5.99. The van der Waals surface area contributed by atoms with Crippen molar-refractivity contribution < 1.29 is 23.9 Å². The molecule has 1 aromatic heterocycles. The third kappa shape index (κ3) is 9.46. The second-order valence-corrected chi connectivity index (χ2v) is 16.7. The molecule has 0 saturated carbocycles. The highest BCUT2D eigenvalue weighted by atomic mass is 35.5. The number of hydrogen-bond acceptors (Lipinski definition) is 7. The predicted octanol–water partition coefficient (Wildman–Crippen LogP) is 9.91. The number of amides is 3. The van der Waals surface area contributed by atoms with Crippen LogP contribution < -0.4 is 16.0 Å². The maximum absolute atomic E-state index is 13.7. The van der Waals surface area contributed by atoms with Crippen LogP contribution in [-0.4, -0.2) is 36.1 Å². The van der Waals surface area contributed by atoms with E-state index in [9.17, 15) is 19.2 Å². The van der Waals surface area contributed by atoms with Crippen LogP contribution in [-0.2, 0) is 27.2 Å². The molecule has 3 aromatic carbocycles. The molecule has 2 atom stereocenters. The molecule has 0 fully saturated rings. The Bertz CT molecular complexity index is 1990. The summed E-state index contributed by atoms with van der Waals surface area (Å²) < 4.78 is 5.15. The molecule has 5 rings (SSSR count). The van der Waals surface area contributed by atoms with Gasteiger partial charge in [0.1, 0.15) is 10.7 Å². The molecule has 0 spiro atoms. The number of anilines is 2. The van der Waals surface area contributed by atoms with Gasteiger partial charge in [0, 0.05) is 36.6 Å². The lowest BCUT2D eigenvalue weighted by Crippen LogP contribution is -2.30. The maximum atomic E-state index is 13.7. The fourth-order valence-corrected chi connectivity index (χ4v) is 8.83. The molecule has 3 amide bonds. The van der Waals surface area contributed by atoms with E-state index in [1.807, 2.05) is 13.0 Å². The SMILES string of the molecule is CCC(Sc1cccc(NC(=O)/C(=C\c2c(Cl)cccc2Cl)NC(=O)c2ccccc2)c1)C(=O)Nc1sc2c(c1C(=O)OC)CCC(C(C)(C)C)C2. The van der Waals surface area contributed by atoms with E-state index in [4.69, 9.17) is 27.9 Å². The van der Waals surface area contributed by atoms with Crippen molar-refractivity contribution in [2.24, 2.45) is 11.3 Å². The summed E-state index contributed by atoms with van der Waals surface area (Å²) in [5.41, 5.74) is 2.68. The molecule has 1 heterocycles. The van der Waals surface area contributed by atoms with Gasteiger partial charge in [-0.15, -0.1) is 23.1 Å². The van der Waals surface area contributed by atoms with Gasteiger partial charge in [-0.2, -0.15) is 0 Å².